The van der Waals surface area contributed by atoms with Gasteiger partial charge in [-0.1, -0.05) is 24.3 Å². The number of anilines is 2. The van der Waals surface area contributed by atoms with Crippen LogP contribution in [-0.4, -0.2) is 37.0 Å². The lowest BCUT2D eigenvalue weighted by Gasteiger charge is -2.37. The van der Waals surface area contributed by atoms with Gasteiger partial charge in [-0.05, 0) is 43.2 Å². The van der Waals surface area contributed by atoms with Gasteiger partial charge in [-0.25, -0.2) is 0 Å². The number of nitrogen functional groups attached to an aromatic ring is 1. The first-order valence-corrected chi connectivity index (χ1v) is 8.02. The van der Waals surface area contributed by atoms with Crippen LogP contribution in [0.3, 0.4) is 0 Å². The average Bonchev–Trinajstić information content (AvgIpc) is 2.57. The highest BCUT2D eigenvalue weighted by Crippen LogP contribution is 2.24. The Morgan fingerprint density at radius 3 is 2.35 bits per heavy atom. The molecule has 3 rings (SSSR count). The topological polar surface area (TPSA) is 49.6 Å². The van der Waals surface area contributed by atoms with E-state index in [2.05, 4.69) is 17.9 Å². The van der Waals surface area contributed by atoms with Crippen LogP contribution in [0.4, 0.5) is 11.4 Å². The Hall–Kier alpha value is -2.49. The minimum Gasteiger partial charge on any atom is -0.399 e. The van der Waals surface area contributed by atoms with Gasteiger partial charge in [0.15, 0.2) is 0 Å². The summed E-state index contributed by atoms with van der Waals surface area (Å²) in [4.78, 5) is 16.9. The Morgan fingerprint density at radius 1 is 0.957 bits per heavy atom. The predicted octanol–water partition coefficient (Wildman–Crippen LogP) is 2.85. The summed E-state index contributed by atoms with van der Waals surface area (Å²) in [6.07, 6.45) is 0. The predicted molar refractivity (Wildman–Crippen MR) is 94.9 cm³/mol. The number of amides is 1. The summed E-state index contributed by atoms with van der Waals surface area (Å²) in [6, 6.07) is 13.8. The molecule has 0 aliphatic carbocycles. The van der Waals surface area contributed by atoms with Gasteiger partial charge in [-0.3, -0.25) is 4.79 Å². The van der Waals surface area contributed by atoms with E-state index in [1.54, 1.807) is 0 Å². The third-order valence-corrected chi connectivity index (χ3v) is 4.52. The van der Waals surface area contributed by atoms with Crippen molar-refractivity contribution in [3.05, 3.63) is 59.2 Å². The highest BCUT2D eigenvalue weighted by molar-refractivity contribution is 5.95. The fraction of sp³-hybridized carbons (Fsp3) is 0.316. The van der Waals surface area contributed by atoms with Gasteiger partial charge in [0.25, 0.3) is 5.91 Å². The van der Waals surface area contributed by atoms with Crippen LogP contribution < -0.4 is 10.6 Å². The van der Waals surface area contributed by atoms with Crippen molar-refractivity contribution in [3.8, 4) is 0 Å². The van der Waals surface area contributed by atoms with Gasteiger partial charge in [0.1, 0.15) is 0 Å². The number of piperazine rings is 1. The molecule has 0 aromatic heterocycles. The van der Waals surface area contributed by atoms with E-state index in [1.165, 1.54) is 11.3 Å². The number of nitrogens with two attached hydrogens (primary N) is 1. The zero-order valence-corrected chi connectivity index (χ0v) is 13.7. The number of aryl methyl sites for hydroxylation is 2. The maximum atomic E-state index is 12.7. The molecule has 4 nitrogen and oxygen atoms in total. The molecule has 1 amide bonds. The first kappa shape index (κ1) is 15.4. The van der Waals surface area contributed by atoms with Crippen LogP contribution in [0, 0.1) is 13.8 Å². The second kappa shape index (κ2) is 6.32. The molecule has 0 unspecified atom stereocenters. The molecule has 2 aromatic carbocycles. The Balaban J connectivity index is 1.70. The zero-order chi connectivity index (χ0) is 16.4. The van der Waals surface area contributed by atoms with Crippen molar-refractivity contribution in [3.63, 3.8) is 0 Å². The number of carbonyl (C=O) groups excluding carboxylic acids is 1. The summed E-state index contributed by atoms with van der Waals surface area (Å²) in [5.74, 6) is 0.132. The molecule has 0 bridgehead atoms. The molecule has 1 aliphatic heterocycles. The fourth-order valence-corrected chi connectivity index (χ4v) is 3.10. The Bertz CT molecular complexity index is 718. The number of benzene rings is 2. The lowest BCUT2D eigenvalue weighted by atomic mass is 10.1. The van der Waals surface area contributed by atoms with Crippen molar-refractivity contribution < 1.29 is 4.79 Å². The Labute approximate surface area is 137 Å². The van der Waals surface area contributed by atoms with Crippen molar-refractivity contribution in [2.24, 2.45) is 0 Å². The van der Waals surface area contributed by atoms with E-state index < -0.39 is 0 Å². The quantitative estimate of drug-likeness (QED) is 0.868. The smallest absolute Gasteiger partial charge is 0.254 e. The van der Waals surface area contributed by atoms with E-state index in [0.717, 1.165) is 43.0 Å². The van der Waals surface area contributed by atoms with Gasteiger partial charge >= 0.3 is 0 Å². The zero-order valence-electron chi connectivity index (χ0n) is 13.7. The second-order valence-electron chi connectivity index (χ2n) is 6.14. The van der Waals surface area contributed by atoms with Crippen LogP contribution in [-0.2, 0) is 0 Å². The molecule has 0 atom stereocenters. The van der Waals surface area contributed by atoms with Gasteiger partial charge in [0.2, 0.25) is 0 Å². The number of hydrogen-bond acceptors (Lipinski definition) is 3. The summed E-state index contributed by atoms with van der Waals surface area (Å²) in [5, 5.41) is 0. The highest BCUT2D eigenvalue weighted by Gasteiger charge is 2.23. The first-order valence-electron chi connectivity index (χ1n) is 8.02. The Kier molecular flexibility index (Phi) is 4.24. The van der Waals surface area contributed by atoms with Crippen LogP contribution in [0.2, 0.25) is 0 Å². The summed E-state index contributed by atoms with van der Waals surface area (Å²) in [5.41, 5.74) is 10.9. The molecule has 4 heteroatoms. The van der Waals surface area contributed by atoms with Gasteiger partial charge in [0, 0.05) is 43.1 Å². The molecule has 1 saturated heterocycles. The van der Waals surface area contributed by atoms with Crippen molar-refractivity contribution in [2.45, 2.75) is 13.8 Å². The van der Waals surface area contributed by atoms with Crippen molar-refractivity contribution in [1.82, 2.24) is 4.90 Å². The van der Waals surface area contributed by atoms with E-state index in [0.29, 0.717) is 0 Å². The SMILES string of the molecule is Cc1ccccc1C(=O)N1CCN(c2cc(N)ccc2C)CC1. The Morgan fingerprint density at radius 2 is 1.65 bits per heavy atom. The third kappa shape index (κ3) is 3.16. The van der Waals surface area contributed by atoms with Crippen LogP contribution in [0.5, 0.6) is 0 Å². The van der Waals surface area contributed by atoms with Crippen molar-refractivity contribution in [1.29, 1.82) is 0 Å². The number of hydrogen-bond donors (Lipinski definition) is 1. The molecule has 120 valence electrons. The maximum Gasteiger partial charge on any atom is 0.254 e. The van der Waals surface area contributed by atoms with E-state index in [-0.39, 0.29) is 5.91 Å². The summed E-state index contributed by atoms with van der Waals surface area (Å²) < 4.78 is 0. The normalized spacial score (nSPS) is 14.9. The van der Waals surface area contributed by atoms with Crippen LogP contribution in [0.15, 0.2) is 42.5 Å². The second-order valence-corrected chi connectivity index (χ2v) is 6.14. The largest absolute Gasteiger partial charge is 0.399 e. The van der Waals surface area contributed by atoms with Crippen molar-refractivity contribution >= 4 is 17.3 Å². The lowest BCUT2D eigenvalue weighted by Crippen LogP contribution is -2.49. The molecule has 1 heterocycles. The number of rotatable bonds is 2. The molecular weight excluding hydrogens is 286 g/mol. The van der Waals surface area contributed by atoms with E-state index in [1.807, 2.05) is 48.2 Å². The minimum absolute atomic E-state index is 0.132. The van der Waals surface area contributed by atoms with Crippen LogP contribution >= 0.6 is 0 Å². The molecular formula is C19H23N3O. The summed E-state index contributed by atoms with van der Waals surface area (Å²) in [6.45, 7) is 7.23. The highest BCUT2D eigenvalue weighted by atomic mass is 16.2. The fourth-order valence-electron chi connectivity index (χ4n) is 3.10. The molecule has 0 saturated carbocycles. The lowest BCUT2D eigenvalue weighted by molar-refractivity contribution is 0.0746. The van der Waals surface area contributed by atoms with Gasteiger partial charge < -0.3 is 15.5 Å². The summed E-state index contributed by atoms with van der Waals surface area (Å²) >= 11 is 0. The average molecular weight is 309 g/mol. The molecule has 1 fully saturated rings. The summed E-state index contributed by atoms with van der Waals surface area (Å²) in [7, 11) is 0. The standard InChI is InChI=1S/C19H23N3O/c1-14-5-3-4-6-17(14)19(23)22-11-9-21(10-12-22)18-13-16(20)8-7-15(18)2/h3-8,13H,9-12,20H2,1-2H3. The first-order chi connectivity index (χ1) is 11.1. The molecule has 1 aliphatic rings. The van der Waals surface area contributed by atoms with E-state index in [4.69, 9.17) is 5.73 Å². The number of carbonyl (C=O) groups is 1. The van der Waals surface area contributed by atoms with E-state index >= 15 is 0 Å². The molecule has 2 aromatic rings. The van der Waals surface area contributed by atoms with Crippen LogP contribution in [0.1, 0.15) is 21.5 Å². The van der Waals surface area contributed by atoms with Gasteiger partial charge in [-0.15, -0.1) is 0 Å². The molecule has 0 radical (unpaired) electrons. The molecule has 0 spiro atoms. The number of nitrogens with zero attached hydrogens (tertiary/aromatic N) is 2. The van der Waals surface area contributed by atoms with Crippen LogP contribution in [0.25, 0.3) is 0 Å². The molecule has 23 heavy (non-hydrogen) atoms. The minimum atomic E-state index is 0.132. The third-order valence-electron chi connectivity index (χ3n) is 4.52. The maximum absolute atomic E-state index is 12.7. The van der Waals surface area contributed by atoms with Crippen molar-refractivity contribution in [2.75, 3.05) is 36.8 Å². The van der Waals surface area contributed by atoms with Gasteiger partial charge in [0.05, 0.1) is 0 Å². The van der Waals surface area contributed by atoms with E-state index in [9.17, 15) is 4.79 Å². The van der Waals surface area contributed by atoms with Gasteiger partial charge in [-0.2, -0.15) is 0 Å². The monoisotopic (exact) mass is 309 g/mol. The molecule has 2 N–H and O–H groups in total.